The van der Waals surface area contributed by atoms with Crippen molar-refractivity contribution in [1.82, 2.24) is 0 Å². The van der Waals surface area contributed by atoms with Crippen molar-refractivity contribution in [2.24, 2.45) is 0 Å². The smallest absolute Gasteiger partial charge is 0.120 e. The Kier molecular flexibility index (Phi) is 5.62. The zero-order chi connectivity index (χ0) is 15.3. The highest BCUT2D eigenvalue weighted by Gasteiger charge is 2.41. The number of aliphatic hydroxyl groups excluding tert-OH is 1. The van der Waals surface area contributed by atoms with E-state index in [9.17, 15) is 5.11 Å². The summed E-state index contributed by atoms with van der Waals surface area (Å²) in [5.41, 5.74) is 0.284. The summed E-state index contributed by atoms with van der Waals surface area (Å²) in [6.45, 7) is 7.77. The minimum atomic E-state index is -0.669. The van der Waals surface area contributed by atoms with Gasteiger partial charge in [-0.15, -0.1) is 0 Å². The lowest BCUT2D eigenvalue weighted by atomic mass is 9.84. The summed E-state index contributed by atoms with van der Waals surface area (Å²) in [4.78, 5) is 0. The number of hydrogen-bond acceptors (Lipinski definition) is 4. The molecule has 1 fully saturated rings. The maximum Gasteiger partial charge on any atom is 0.120 e. The van der Waals surface area contributed by atoms with Gasteiger partial charge in [0.15, 0.2) is 0 Å². The fourth-order valence-electron chi connectivity index (χ4n) is 2.83. The van der Waals surface area contributed by atoms with Crippen molar-refractivity contribution in [2.75, 3.05) is 19.8 Å². The third kappa shape index (κ3) is 3.96. The maximum absolute atomic E-state index is 10.8. The average molecular weight is 294 g/mol. The summed E-state index contributed by atoms with van der Waals surface area (Å²) in [5, 5.41) is 10.8. The van der Waals surface area contributed by atoms with Crippen LogP contribution in [0.4, 0.5) is 0 Å². The number of aliphatic hydroxyl groups is 1. The van der Waals surface area contributed by atoms with E-state index in [1.807, 2.05) is 45.0 Å². The van der Waals surface area contributed by atoms with Gasteiger partial charge in [-0.2, -0.15) is 0 Å². The van der Waals surface area contributed by atoms with Crippen molar-refractivity contribution >= 4 is 0 Å². The van der Waals surface area contributed by atoms with Gasteiger partial charge in [0.05, 0.1) is 6.10 Å². The monoisotopic (exact) mass is 294 g/mol. The summed E-state index contributed by atoms with van der Waals surface area (Å²) < 4.78 is 17.1. The van der Waals surface area contributed by atoms with Gasteiger partial charge in [-0.3, -0.25) is 0 Å². The molecular weight excluding hydrogens is 268 g/mol. The van der Waals surface area contributed by atoms with Crippen LogP contribution < -0.4 is 4.74 Å². The Morgan fingerprint density at radius 1 is 1.29 bits per heavy atom. The van der Waals surface area contributed by atoms with Crippen LogP contribution in [-0.4, -0.2) is 36.6 Å². The van der Waals surface area contributed by atoms with Crippen molar-refractivity contribution in [1.29, 1.82) is 0 Å². The fraction of sp³-hybridized carbons (Fsp3) is 0.647. The molecule has 0 aliphatic carbocycles. The van der Waals surface area contributed by atoms with E-state index in [1.54, 1.807) is 0 Å². The first-order valence-electron chi connectivity index (χ1n) is 7.74. The summed E-state index contributed by atoms with van der Waals surface area (Å²) in [6, 6.07) is 7.65. The van der Waals surface area contributed by atoms with Crippen molar-refractivity contribution in [3.8, 4) is 5.75 Å². The van der Waals surface area contributed by atoms with Crippen molar-refractivity contribution in [3.63, 3.8) is 0 Å². The van der Waals surface area contributed by atoms with E-state index in [1.165, 1.54) is 0 Å². The molecule has 1 aromatic rings. The zero-order valence-electron chi connectivity index (χ0n) is 13.2. The minimum Gasteiger partial charge on any atom is -0.491 e. The van der Waals surface area contributed by atoms with E-state index < -0.39 is 11.7 Å². The van der Waals surface area contributed by atoms with Crippen LogP contribution in [0.3, 0.4) is 0 Å². The summed E-state index contributed by atoms with van der Waals surface area (Å²) >= 11 is 0. The van der Waals surface area contributed by atoms with Crippen LogP contribution in [0.5, 0.6) is 5.75 Å². The molecule has 1 unspecified atom stereocenters. The van der Waals surface area contributed by atoms with Gasteiger partial charge in [0.1, 0.15) is 17.5 Å². The predicted octanol–water partition coefficient (Wildman–Crippen LogP) is 3.09. The van der Waals surface area contributed by atoms with Crippen molar-refractivity contribution < 1.29 is 19.3 Å². The molecule has 1 aliphatic heterocycles. The molecule has 0 radical (unpaired) electrons. The van der Waals surface area contributed by atoms with Crippen LogP contribution in [0.15, 0.2) is 24.3 Å². The average Bonchev–Trinajstić information content (AvgIpc) is 2.47. The molecule has 4 nitrogen and oxygen atoms in total. The van der Waals surface area contributed by atoms with Crippen LogP contribution >= 0.6 is 0 Å². The van der Waals surface area contributed by atoms with Gasteiger partial charge in [-0.1, -0.05) is 12.1 Å². The predicted molar refractivity (Wildman–Crippen MR) is 81.6 cm³/mol. The highest BCUT2D eigenvalue weighted by molar-refractivity contribution is 5.31. The quantitative estimate of drug-likeness (QED) is 0.876. The lowest BCUT2D eigenvalue weighted by molar-refractivity contribution is -0.168. The van der Waals surface area contributed by atoms with E-state index in [0.717, 1.165) is 11.3 Å². The molecule has 0 aromatic heterocycles. The molecule has 4 heteroatoms. The Morgan fingerprint density at radius 2 is 2.00 bits per heavy atom. The Bertz CT molecular complexity index is 433. The van der Waals surface area contributed by atoms with Crippen LogP contribution in [-0.2, 0) is 9.47 Å². The topological polar surface area (TPSA) is 47.9 Å². The number of benzene rings is 1. The van der Waals surface area contributed by atoms with E-state index in [2.05, 4.69) is 0 Å². The van der Waals surface area contributed by atoms with E-state index >= 15 is 0 Å². The number of rotatable bonds is 6. The Labute approximate surface area is 127 Å². The molecule has 0 amide bonds. The van der Waals surface area contributed by atoms with E-state index in [4.69, 9.17) is 14.2 Å². The summed E-state index contributed by atoms with van der Waals surface area (Å²) in [5.74, 6) is 0.778. The molecule has 21 heavy (non-hydrogen) atoms. The van der Waals surface area contributed by atoms with Gasteiger partial charge in [0.2, 0.25) is 0 Å². The largest absolute Gasteiger partial charge is 0.491 e. The van der Waals surface area contributed by atoms with E-state index in [0.29, 0.717) is 32.7 Å². The van der Waals surface area contributed by atoms with Crippen LogP contribution in [0.25, 0.3) is 0 Å². The van der Waals surface area contributed by atoms with Crippen LogP contribution in [0.1, 0.15) is 45.3 Å². The van der Waals surface area contributed by atoms with Crippen LogP contribution in [0, 0.1) is 0 Å². The lowest BCUT2D eigenvalue weighted by Gasteiger charge is -2.40. The SMILES string of the molecule is CCOC1(C(O)c2cccc(OC(C)C)c2)CCOCC1. The molecule has 0 spiro atoms. The Morgan fingerprint density at radius 3 is 2.62 bits per heavy atom. The Balaban J connectivity index is 2.21. The third-order valence-corrected chi connectivity index (χ3v) is 3.81. The number of ether oxygens (including phenoxy) is 3. The van der Waals surface area contributed by atoms with Crippen molar-refractivity contribution in [3.05, 3.63) is 29.8 Å². The van der Waals surface area contributed by atoms with Crippen molar-refractivity contribution in [2.45, 2.75) is 51.4 Å². The zero-order valence-corrected chi connectivity index (χ0v) is 13.2. The third-order valence-electron chi connectivity index (χ3n) is 3.81. The van der Waals surface area contributed by atoms with Gasteiger partial charge >= 0.3 is 0 Å². The molecule has 1 heterocycles. The molecule has 1 saturated heterocycles. The standard InChI is InChI=1S/C17H26O4/c1-4-20-17(8-10-19-11-9-17)16(18)14-6-5-7-15(12-14)21-13(2)3/h5-7,12-13,16,18H,4,8-11H2,1-3H3. The molecule has 2 rings (SSSR count). The molecular formula is C17H26O4. The number of hydrogen-bond donors (Lipinski definition) is 1. The fourth-order valence-corrected chi connectivity index (χ4v) is 2.83. The molecule has 1 atom stereocenters. The van der Waals surface area contributed by atoms with Crippen LogP contribution in [0.2, 0.25) is 0 Å². The molecule has 0 bridgehead atoms. The maximum atomic E-state index is 10.8. The van der Waals surface area contributed by atoms with Gasteiger partial charge in [0.25, 0.3) is 0 Å². The highest BCUT2D eigenvalue weighted by atomic mass is 16.5. The van der Waals surface area contributed by atoms with Gasteiger partial charge in [0, 0.05) is 32.7 Å². The first-order chi connectivity index (χ1) is 10.1. The summed E-state index contributed by atoms with van der Waals surface area (Å²) in [6.07, 6.45) is 0.854. The second kappa shape index (κ2) is 7.25. The molecule has 0 saturated carbocycles. The first kappa shape index (κ1) is 16.3. The summed E-state index contributed by atoms with van der Waals surface area (Å²) in [7, 11) is 0. The molecule has 1 N–H and O–H groups in total. The van der Waals surface area contributed by atoms with Gasteiger partial charge < -0.3 is 19.3 Å². The Hall–Kier alpha value is -1.10. The lowest BCUT2D eigenvalue weighted by Crippen LogP contribution is -2.44. The molecule has 1 aromatic carbocycles. The second-order valence-corrected chi connectivity index (χ2v) is 5.75. The van der Waals surface area contributed by atoms with E-state index in [-0.39, 0.29) is 6.10 Å². The molecule has 118 valence electrons. The normalized spacial score (nSPS) is 19.5. The second-order valence-electron chi connectivity index (χ2n) is 5.75. The highest BCUT2D eigenvalue weighted by Crippen LogP contribution is 2.38. The molecule has 1 aliphatic rings. The first-order valence-corrected chi connectivity index (χ1v) is 7.74. The minimum absolute atomic E-state index is 0.112. The van der Waals surface area contributed by atoms with Gasteiger partial charge in [-0.25, -0.2) is 0 Å². The van der Waals surface area contributed by atoms with Gasteiger partial charge in [-0.05, 0) is 38.5 Å².